The van der Waals surface area contributed by atoms with Gasteiger partial charge in [0.15, 0.2) is 0 Å². The lowest BCUT2D eigenvalue weighted by molar-refractivity contribution is -0.121. The maximum absolute atomic E-state index is 12.3. The minimum absolute atomic E-state index is 0.0709. The zero-order valence-electron chi connectivity index (χ0n) is 13.5. The van der Waals surface area contributed by atoms with Crippen LogP contribution in [0, 0.1) is 0 Å². The number of carbonyl (C=O) groups is 2. The van der Waals surface area contributed by atoms with Gasteiger partial charge in [-0.1, -0.05) is 12.1 Å². The van der Waals surface area contributed by atoms with Gasteiger partial charge in [0, 0.05) is 18.0 Å². The lowest BCUT2D eigenvalue weighted by atomic mass is 10.2. The summed E-state index contributed by atoms with van der Waals surface area (Å²) in [6.45, 7) is 5.84. The van der Waals surface area contributed by atoms with Gasteiger partial charge in [0.1, 0.15) is 0 Å². The van der Waals surface area contributed by atoms with Crippen molar-refractivity contribution in [3.8, 4) is 0 Å². The van der Waals surface area contributed by atoms with Crippen molar-refractivity contribution in [2.24, 2.45) is 5.73 Å². The molecule has 1 aliphatic rings. The minimum Gasteiger partial charge on any atom is -0.373 e. The molecule has 0 spiro atoms. The van der Waals surface area contributed by atoms with E-state index < -0.39 is 0 Å². The molecule has 1 heterocycles. The third kappa shape index (κ3) is 5.85. The highest BCUT2D eigenvalue weighted by Crippen LogP contribution is 2.26. The van der Waals surface area contributed by atoms with Gasteiger partial charge >= 0.3 is 0 Å². The van der Waals surface area contributed by atoms with E-state index in [1.807, 2.05) is 38.1 Å². The van der Waals surface area contributed by atoms with Gasteiger partial charge in [0.2, 0.25) is 11.8 Å². The molecule has 1 aromatic carbocycles. The van der Waals surface area contributed by atoms with E-state index in [9.17, 15) is 9.59 Å². The highest BCUT2D eigenvalue weighted by Gasteiger charge is 2.23. The Morgan fingerprint density at radius 3 is 2.61 bits per heavy atom. The molecule has 0 saturated carbocycles. The Morgan fingerprint density at radius 2 is 1.96 bits per heavy atom. The normalized spacial score (nSPS) is 21.8. The van der Waals surface area contributed by atoms with E-state index in [1.54, 1.807) is 0 Å². The largest absolute Gasteiger partial charge is 0.373 e. The summed E-state index contributed by atoms with van der Waals surface area (Å²) in [5.74, 6) is -0.267. The van der Waals surface area contributed by atoms with Crippen LogP contribution in [0.25, 0.3) is 0 Å². The summed E-state index contributed by atoms with van der Waals surface area (Å²) in [6.07, 6.45) is 0.259. The van der Waals surface area contributed by atoms with E-state index >= 15 is 0 Å². The van der Waals surface area contributed by atoms with Crippen molar-refractivity contribution < 1.29 is 14.3 Å². The van der Waals surface area contributed by atoms with Gasteiger partial charge in [-0.2, -0.15) is 0 Å². The van der Waals surface area contributed by atoms with Crippen molar-refractivity contribution in [1.82, 2.24) is 4.90 Å². The van der Waals surface area contributed by atoms with Crippen LogP contribution in [0.1, 0.15) is 13.8 Å². The summed E-state index contributed by atoms with van der Waals surface area (Å²) in [6, 6.07) is 7.40. The highest BCUT2D eigenvalue weighted by atomic mass is 32.2. The van der Waals surface area contributed by atoms with Crippen molar-refractivity contribution in [2.75, 3.05) is 30.7 Å². The van der Waals surface area contributed by atoms with Crippen LogP contribution in [0.2, 0.25) is 0 Å². The number of para-hydroxylation sites is 1. The van der Waals surface area contributed by atoms with Gasteiger partial charge in [-0.25, -0.2) is 0 Å². The van der Waals surface area contributed by atoms with E-state index in [4.69, 9.17) is 10.5 Å². The average Bonchev–Trinajstić information content (AvgIpc) is 2.45. The number of nitrogens with zero attached hydrogens (tertiary/aromatic N) is 1. The molecule has 1 saturated heterocycles. The minimum atomic E-state index is -0.382. The molecule has 6 nitrogen and oxygen atoms in total. The standard InChI is InChI=1S/C16H23N3O3S/c1-11-7-19(8-12(2)22-11)9-16(21)18-13-5-3-4-6-14(13)23-10-15(17)20/h3-6,11-12H,7-10H2,1-2H3,(H2,17,20)(H,18,21)/t11-,12-/m0/s1. The van der Waals surface area contributed by atoms with Crippen LogP contribution in [0.4, 0.5) is 5.69 Å². The zero-order valence-corrected chi connectivity index (χ0v) is 14.3. The number of hydrogen-bond acceptors (Lipinski definition) is 5. The maximum atomic E-state index is 12.3. The Hall–Kier alpha value is -1.57. The summed E-state index contributed by atoms with van der Waals surface area (Å²) in [7, 11) is 0. The number of benzene rings is 1. The van der Waals surface area contributed by atoms with Crippen molar-refractivity contribution in [1.29, 1.82) is 0 Å². The number of morpholine rings is 1. The molecule has 1 aromatic rings. The molecular weight excluding hydrogens is 314 g/mol. The fourth-order valence-electron chi connectivity index (χ4n) is 2.65. The second kappa shape index (κ2) is 8.33. The molecule has 7 heteroatoms. The van der Waals surface area contributed by atoms with Crippen LogP contribution in [0.5, 0.6) is 0 Å². The predicted molar refractivity (Wildman–Crippen MR) is 91.4 cm³/mol. The molecule has 0 aliphatic carbocycles. The zero-order chi connectivity index (χ0) is 16.8. The Balaban J connectivity index is 1.93. The molecule has 0 radical (unpaired) electrons. The van der Waals surface area contributed by atoms with Crippen LogP contribution < -0.4 is 11.1 Å². The summed E-state index contributed by atoms with van der Waals surface area (Å²) in [5.41, 5.74) is 5.88. The van der Waals surface area contributed by atoms with Gasteiger partial charge in [-0.05, 0) is 26.0 Å². The number of thioether (sulfide) groups is 1. The monoisotopic (exact) mass is 337 g/mol. The highest BCUT2D eigenvalue weighted by molar-refractivity contribution is 8.00. The molecule has 1 aliphatic heterocycles. The molecule has 0 unspecified atom stereocenters. The van der Waals surface area contributed by atoms with Crippen molar-refractivity contribution in [3.63, 3.8) is 0 Å². The fourth-order valence-corrected chi connectivity index (χ4v) is 3.40. The van der Waals surface area contributed by atoms with Gasteiger partial charge in [-0.15, -0.1) is 11.8 Å². The average molecular weight is 337 g/mol. The molecule has 23 heavy (non-hydrogen) atoms. The number of ether oxygens (including phenoxy) is 1. The molecular formula is C16H23N3O3S. The maximum Gasteiger partial charge on any atom is 0.238 e. The van der Waals surface area contributed by atoms with Crippen molar-refractivity contribution in [2.45, 2.75) is 31.0 Å². The fraction of sp³-hybridized carbons (Fsp3) is 0.500. The summed E-state index contributed by atoms with van der Waals surface area (Å²) in [5, 5.41) is 2.92. The predicted octanol–water partition coefficient (Wildman–Crippen LogP) is 1.31. The number of anilines is 1. The second-order valence-corrected chi connectivity index (χ2v) is 6.77. The first-order valence-electron chi connectivity index (χ1n) is 7.62. The summed E-state index contributed by atoms with van der Waals surface area (Å²) < 4.78 is 5.67. The molecule has 0 bridgehead atoms. The summed E-state index contributed by atoms with van der Waals surface area (Å²) >= 11 is 1.32. The molecule has 2 rings (SSSR count). The van der Waals surface area contributed by atoms with E-state index in [1.165, 1.54) is 11.8 Å². The van der Waals surface area contributed by atoms with Crippen molar-refractivity contribution >= 4 is 29.3 Å². The van der Waals surface area contributed by atoms with Gasteiger partial charge in [0.05, 0.1) is 30.2 Å². The van der Waals surface area contributed by atoms with E-state index in [-0.39, 0.29) is 29.8 Å². The number of rotatable bonds is 6. The first-order valence-corrected chi connectivity index (χ1v) is 8.60. The van der Waals surface area contributed by atoms with Gasteiger partial charge in [-0.3, -0.25) is 14.5 Å². The topological polar surface area (TPSA) is 84.7 Å². The van der Waals surface area contributed by atoms with Crippen LogP contribution >= 0.6 is 11.8 Å². The number of nitrogens with one attached hydrogen (secondary N) is 1. The third-order valence-electron chi connectivity index (χ3n) is 3.39. The van der Waals surface area contributed by atoms with Crippen LogP contribution in [0.15, 0.2) is 29.2 Å². The number of carbonyl (C=O) groups excluding carboxylic acids is 2. The first kappa shape index (κ1) is 17.8. The van der Waals surface area contributed by atoms with E-state index in [0.717, 1.165) is 18.0 Å². The molecule has 2 atom stereocenters. The Kier molecular flexibility index (Phi) is 6.44. The first-order chi connectivity index (χ1) is 10.9. The van der Waals surface area contributed by atoms with Crippen molar-refractivity contribution in [3.05, 3.63) is 24.3 Å². The van der Waals surface area contributed by atoms with Crippen LogP contribution in [-0.4, -0.2) is 54.3 Å². The second-order valence-electron chi connectivity index (χ2n) is 5.75. The van der Waals surface area contributed by atoms with E-state index in [2.05, 4.69) is 10.2 Å². The van der Waals surface area contributed by atoms with Crippen LogP contribution in [0.3, 0.4) is 0 Å². The number of primary amides is 1. The Morgan fingerprint density at radius 1 is 1.30 bits per heavy atom. The third-order valence-corrected chi connectivity index (χ3v) is 4.49. The quantitative estimate of drug-likeness (QED) is 0.765. The number of nitrogens with two attached hydrogens (primary N) is 1. The van der Waals surface area contributed by atoms with E-state index in [0.29, 0.717) is 12.2 Å². The van der Waals surface area contributed by atoms with Gasteiger partial charge < -0.3 is 15.8 Å². The molecule has 2 amide bonds. The Bertz CT molecular complexity index is 557. The lowest BCUT2D eigenvalue weighted by Gasteiger charge is -2.34. The van der Waals surface area contributed by atoms with Gasteiger partial charge in [0.25, 0.3) is 0 Å². The molecule has 3 N–H and O–H groups in total. The lowest BCUT2D eigenvalue weighted by Crippen LogP contribution is -2.48. The Labute approximate surface area is 140 Å². The van der Waals surface area contributed by atoms with Crippen LogP contribution in [-0.2, 0) is 14.3 Å². The molecule has 126 valence electrons. The molecule has 0 aromatic heterocycles. The number of hydrogen-bond donors (Lipinski definition) is 2. The smallest absolute Gasteiger partial charge is 0.238 e. The number of amides is 2. The molecule has 1 fully saturated rings. The SMILES string of the molecule is C[C@H]1CN(CC(=O)Nc2ccccc2SCC(N)=O)C[C@H](C)O1. The summed E-state index contributed by atoms with van der Waals surface area (Å²) in [4.78, 5) is 26.1.